The molecule has 0 aliphatic rings. The van der Waals surface area contributed by atoms with Crippen molar-refractivity contribution in [2.24, 2.45) is 0 Å². The molecule has 0 unspecified atom stereocenters. The molecule has 1 aromatic heterocycles. The number of nitrogen functional groups attached to an aromatic ring is 1. The smallest absolute Gasteiger partial charge is 0.270 e. The number of pyridine rings is 1. The maximum Gasteiger partial charge on any atom is 0.270 e. The topological polar surface area (TPSA) is 82.4 Å². The van der Waals surface area contributed by atoms with Crippen LogP contribution in [0.1, 0.15) is 5.56 Å². The molecule has 3 aromatic rings. The lowest BCUT2D eigenvalue weighted by Crippen LogP contribution is -2.08. The molecular formula is C19H15FN3O2+. The highest BCUT2D eigenvalue weighted by Crippen LogP contribution is 2.38. The SMILES string of the molecule is COc1ccc(Oc2ccc(N)[nH+]c2)c(F)c1-c1cccc(C#N)c1. The molecule has 2 aromatic carbocycles. The Balaban J connectivity index is 2.08. The highest BCUT2D eigenvalue weighted by Gasteiger charge is 2.18. The van der Waals surface area contributed by atoms with Crippen LogP contribution in [-0.4, -0.2) is 7.11 Å². The standard InChI is InChI=1S/C19H14FN3O2/c1-24-15-6-7-16(25-14-5-8-17(22)23-11-14)19(20)18(15)13-4-2-3-12(9-13)10-21/h2-9,11H,1H3,(H2,22,23)/p+1. The number of benzene rings is 2. The minimum atomic E-state index is -0.578. The molecule has 0 aliphatic heterocycles. The van der Waals surface area contributed by atoms with E-state index in [1.165, 1.54) is 19.4 Å². The second-order valence-electron chi connectivity index (χ2n) is 5.23. The average Bonchev–Trinajstić information content (AvgIpc) is 2.65. The number of hydrogen-bond donors (Lipinski definition) is 1. The Kier molecular flexibility index (Phi) is 4.48. The van der Waals surface area contributed by atoms with Crippen LogP contribution in [0.3, 0.4) is 0 Å². The average molecular weight is 336 g/mol. The molecule has 3 rings (SSSR count). The van der Waals surface area contributed by atoms with E-state index in [4.69, 9.17) is 20.5 Å². The lowest BCUT2D eigenvalue weighted by atomic mass is 10.0. The number of ether oxygens (including phenoxy) is 2. The highest BCUT2D eigenvalue weighted by molar-refractivity contribution is 5.74. The molecule has 0 spiro atoms. The molecule has 0 radical (unpaired) electrons. The van der Waals surface area contributed by atoms with Crippen LogP contribution in [0, 0.1) is 17.1 Å². The van der Waals surface area contributed by atoms with E-state index in [2.05, 4.69) is 4.98 Å². The maximum atomic E-state index is 15.1. The summed E-state index contributed by atoms with van der Waals surface area (Å²) in [5, 5.41) is 9.06. The molecule has 25 heavy (non-hydrogen) atoms. The summed E-state index contributed by atoms with van der Waals surface area (Å²) in [6, 6.07) is 15.1. The minimum absolute atomic E-state index is 0.0383. The number of halogens is 1. The van der Waals surface area contributed by atoms with Crippen molar-refractivity contribution in [2.45, 2.75) is 0 Å². The van der Waals surface area contributed by atoms with E-state index < -0.39 is 5.82 Å². The molecule has 0 saturated heterocycles. The van der Waals surface area contributed by atoms with Gasteiger partial charge in [0.2, 0.25) is 0 Å². The first-order valence-corrected chi connectivity index (χ1v) is 7.44. The number of hydrogen-bond acceptors (Lipinski definition) is 4. The number of rotatable bonds is 4. The molecule has 1 heterocycles. The first-order chi connectivity index (χ1) is 12.1. The molecule has 0 atom stereocenters. The quantitative estimate of drug-likeness (QED) is 0.789. The van der Waals surface area contributed by atoms with E-state index in [-0.39, 0.29) is 11.3 Å². The van der Waals surface area contributed by atoms with Gasteiger partial charge in [-0.05, 0) is 35.9 Å². The van der Waals surface area contributed by atoms with Gasteiger partial charge < -0.3 is 9.47 Å². The molecule has 3 N–H and O–H groups in total. The molecule has 5 nitrogen and oxygen atoms in total. The van der Waals surface area contributed by atoms with Crippen LogP contribution in [0.15, 0.2) is 54.7 Å². The zero-order valence-corrected chi connectivity index (χ0v) is 13.4. The van der Waals surface area contributed by atoms with Gasteiger partial charge in [-0.3, -0.25) is 5.73 Å². The van der Waals surface area contributed by atoms with Crippen LogP contribution in [0.4, 0.5) is 10.2 Å². The van der Waals surface area contributed by atoms with E-state index in [9.17, 15) is 0 Å². The third-order valence-corrected chi connectivity index (χ3v) is 3.60. The third kappa shape index (κ3) is 3.35. The van der Waals surface area contributed by atoms with Crippen molar-refractivity contribution in [1.82, 2.24) is 0 Å². The van der Waals surface area contributed by atoms with Gasteiger partial charge in [-0.15, -0.1) is 0 Å². The van der Waals surface area contributed by atoms with Crippen LogP contribution in [0.5, 0.6) is 17.2 Å². The lowest BCUT2D eigenvalue weighted by molar-refractivity contribution is -0.361. The van der Waals surface area contributed by atoms with Crippen molar-refractivity contribution in [1.29, 1.82) is 5.26 Å². The Morgan fingerprint density at radius 1 is 1.12 bits per heavy atom. The summed E-state index contributed by atoms with van der Waals surface area (Å²) in [5.74, 6) is 0.693. The summed E-state index contributed by atoms with van der Waals surface area (Å²) < 4.78 is 26.0. The van der Waals surface area contributed by atoms with Crippen molar-refractivity contribution in [3.8, 4) is 34.4 Å². The third-order valence-electron chi connectivity index (χ3n) is 3.60. The van der Waals surface area contributed by atoms with E-state index in [1.807, 2.05) is 6.07 Å². The molecular weight excluding hydrogens is 321 g/mol. The van der Waals surface area contributed by atoms with Gasteiger partial charge in [0, 0.05) is 6.07 Å². The number of nitrogens with zero attached hydrogens (tertiary/aromatic N) is 1. The van der Waals surface area contributed by atoms with Gasteiger partial charge in [0.15, 0.2) is 17.3 Å². The van der Waals surface area contributed by atoms with Crippen molar-refractivity contribution >= 4 is 5.82 Å². The fourth-order valence-electron chi connectivity index (χ4n) is 2.41. The predicted octanol–water partition coefficient (Wildman–Crippen LogP) is 3.56. The van der Waals surface area contributed by atoms with Crippen LogP contribution in [-0.2, 0) is 0 Å². The Labute approximate surface area is 144 Å². The van der Waals surface area contributed by atoms with Gasteiger partial charge >= 0.3 is 0 Å². The molecule has 0 aliphatic carbocycles. The zero-order chi connectivity index (χ0) is 17.8. The normalized spacial score (nSPS) is 10.1. The fraction of sp³-hybridized carbons (Fsp3) is 0.0526. The first-order valence-electron chi connectivity index (χ1n) is 7.44. The predicted molar refractivity (Wildman–Crippen MR) is 90.6 cm³/mol. The summed E-state index contributed by atoms with van der Waals surface area (Å²) in [6.07, 6.45) is 1.54. The first kappa shape index (κ1) is 16.3. The summed E-state index contributed by atoms with van der Waals surface area (Å²) in [4.78, 5) is 2.79. The van der Waals surface area contributed by atoms with Crippen LogP contribution >= 0.6 is 0 Å². The van der Waals surface area contributed by atoms with Gasteiger partial charge in [0.05, 0.1) is 24.3 Å². The van der Waals surface area contributed by atoms with E-state index in [1.54, 1.807) is 42.5 Å². The van der Waals surface area contributed by atoms with Crippen molar-refractivity contribution in [2.75, 3.05) is 12.8 Å². The van der Waals surface area contributed by atoms with Gasteiger partial charge in [0.1, 0.15) is 11.9 Å². The van der Waals surface area contributed by atoms with E-state index >= 15 is 4.39 Å². The Bertz CT molecular complexity index is 950. The highest BCUT2D eigenvalue weighted by atomic mass is 19.1. The van der Waals surface area contributed by atoms with Gasteiger partial charge in [-0.2, -0.15) is 5.26 Å². The molecule has 6 heteroatoms. The van der Waals surface area contributed by atoms with Gasteiger partial charge in [0.25, 0.3) is 5.82 Å². The monoisotopic (exact) mass is 336 g/mol. The molecule has 0 bridgehead atoms. The Morgan fingerprint density at radius 3 is 2.60 bits per heavy atom. The summed E-state index contributed by atoms with van der Waals surface area (Å²) in [7, 11) is 1.46. The van der Waals surface area contributed by atoms with Crippen molar-refractivity contribution < 1.29 is 18.8 Å². The van der Waals surface area contributed by atoms with Crippen LogP contribution in [0.2, 0.25) is 0 Å². The summed E-state index contributed by atoms with van der Waals surface area (Å²) >= 11 is 0. The largest absolute Gasteiger partial charge is 0.496 e. The van der Waals surface area contributed by atoms with E-state index in [0.29, 0.717) is 28.4 Å². The maximum absolute atomic E-state index is 15.1. The van der Waals surface area contributed by atoms with Gasteiger partial charge in [-0.1, -0.05) is 12.1 Å². The number of nitrogens with two attached hydrogens (primary N) is 1. The lowest BCUT2D eigenvalue weighted by Gasteiger charge is -2.14. The van der Waals surface area contributed by atoms with Crippen LogP contribution < -0.4 is 20.2 Å². The van der Waals surface area contributed by atoms with Crippen LogP contribution in [0.25, 0.3) is 11.1 Å². The molecule has 124 valence electrons. The molecule has 0 fully saturated rings. The van der Waals surface area contributed by atoms with Crippen molar-refractivity contribution in [3.63, 3.8) is 0 Å². The number of anilines is 1. The fourth-order valence-corrected chi connectivity index (χ4v) is 2.41. The van der Waals surface area contributed by atoms with E-state index in [0.717, 1.165) is 0 Å². The number of aromatic amines is 1. The Morgan fingerprint density at radius 2 is 1.92 bits per heavy atom. The molecule has 0 saturated carbocycles. The summed E-state index contributed by atoms with van der Waals surface area (Å²) in [5.41, 5.74) is 6.78. The number of nitrogens with one attached hydrogen (secondary N) is 1. The number of nitriles is 1. The minimum Gasteiger partial charge on any atom is -0.496 e. The molecule has 0 amide bonds. The van der Waals surface area contributed by atoms with Crippen molar-refractivity contribution in [3.05, 3.63) is 66.1 Å². The van der Waals surface area contributed by atoms with Gasteiger partial charge in [-0.25, -0.2) is 9.37 Å². The number of methoxy groups -OCH3 is 1. The summed E-state index contributed by atoms with van der Waals surface area (Å²) in [6.45, 7) is 0. The number of H-pyrrole nitrogens is 1. The second-order valence-corrected chi connectivity index (χ2v) is 5.23. The Hall–Kier alpha value is -3.59. The second kappa shape index (κ2) is 6.89. The zero-order valence-electron chi connectivity index (χ0n) is 13.4. The number of aromatic nitrogens is 1.